The molecule has 2 heterocycles. The van der Waals surface area contributed by atoms with Crippen LogP contribution in [0.15, 0.2) is 30.3 Å². The fourth-order valence-electron chi connectivity index (χ4n) is 3.39. The molecule has 0 bridgehead atoms. The lowest BCUT2D eigenvalue weighted by atomic mass is 10.1. The molecule has 2 unspecified atom stereocenters. The summed E-state index contributed by atoms with van der Waals surface area (Å²) < 4.78 is 4.71. The molecule has 2 atom stereocenters. The van der Waals surface area contributed by atoms with E-state index in [1.807, 2.05) is 6.07 Å². The van der Waals surface area contributed by atoms with E-state index in [1.54, 1.807) is 0 Å². The summed E-state index contributed by atoms with van der Waals surface area (Å²) >= 11 is 0. The molecular formula is C18H26N4O3. The van der Waals surface area contributed by atoms with E-state index in [-0.39, 0.29) is 30.6 Å². The summed E-state index contributed by atoms with van der Waals surface area (Å²) in [7, 11) is 1.37. The summed E-state index contributed by atoms with van der Waals surface area (Å²) in [5.41, 5.74) is 1.32. The van der Waals surface area contributed by atoms with Crippen LogP contribution in [-0.2, 0) is 20.9 Å². The molecule has 2 saturated heterocycles. The van der Waals surface area contributed by atoms with E-state index in [9.17, 15) is 9.59 Å². The van der Waals surface area contributed by atoms with Crippen molar-refractivity contribution in [3.05, 3.63) is 35.9 Å². The van der Waals surface area contributed by atoms with Crippen LogP contribution < -0.4 is 10.6 Å². The number of benzene rings is 1. The molecule has 7 nitrogen and oxygen atoms in total. The highest BCUT2D eigenvalue weighted by Gasteiger charge is 2.32. The predicted octanol–water partition coefficient (Wildman–Crippen LogP) is 0.129. The van der Waals surface area contributed by atoms with Gasteiger partial charge in [-0.1, -0.05) is 30.3 Å². The average molecular weight is 346 g/mol. The van der Waals surface area contributed by atoms with E-state index in [0.717, 1.165) is 32.7 Å². The summed E-state index contributed by atoms with van der Waals surface area (Å²) in [6, 6.07) is 10.3. The number of carbonyl (C=O) groups excluding carboxylic acids is 2. The second-order valence-electron chi connectivity index (χ2n) is 6.62. The zero-order valence-corrected chi connectivity index (χ0v) is 14.6. The standard InChI is InChI=1S/C18H26N4O3/c1-25-17(24)12-15-11-16(23)20-18(19-15)22-9-7-21(8-10-22)13-14-5-3-2-4-6-14/h2-6,15,18-19H,7-13H2,1H3,(H,20,23). The van der Waals surface area contributed by atoms with Gasteiger partial charge in [-0.15, -0.1) is 0 Å². The Labute approximate surface area is 148 Å². The first-order valence-electron chi connectivity index (χ1n) is 8.76. The van der Waals surface area contributed by atoms with Gasteiger partial charge in [0.2, 0.25) is 5.91 Å². The molecule has 2 fully saturated rings. The monoisotopic (exact) mass is 346 g/mol. The van der Waals surface area contributed by atoms with Crippen molar-refractivity contribution in [2.45, 2.75) is 31.7 Å². The number of ether oxygens (including phenoxy) is 1. The summed E-state index contributed by atoms with van der Waals surface area (Å²) in [6.07, 6.45) is 0.309. The summed E-state index contributed by atoms with van der Waals surface area (Å²) in [5, 5.41) is 6.34. The van der Waals surface area contributed by atoms with Crippen LogP contribution in [0, 0.1) is 0 Å². The Morgan fingerprint density at radius 3 is 2.60 bits per heavy atom. The Bertz CT molecular complexity index is 587. The van der Waals surface area contributed by atoms with Gasteiger partial charge in [0.15, 0.2) is 0 Å². The van der Waals surface area contributed by atoms with E-state index in [4.69, 9.17) is 4.74 Å². The van der Waals surface area contributed by atoms with Crippen molar-refractivity contribution < 1.29 is 14.3 Å². The van der Waals surface area contributed by atoms with Gasteiger partial charge in [0.05, 0.1) is 13.5 Å². The lowest BCUT2D eigenvalue weighted by Crippen LogP contribution is -2.66. The van der Waals surface area contributed by atoms with E-state index in [0.29, 0.717) is 6.42 Å². The lowest BCUT2D eigenvalue weighted by molar-refractivity contribution is -0.142. The maximum atomic E-state index is 12.0. The van der Waals surface area contributed by atoms with Crippen molar-refractivity contribution in [3.8, 4) is 0 Å². The van der Waals surface area contributed by atoms with Crippen molar-refractivity contribution in [1.82, 2.24) is 20.4 Å². The fraction of sp³-hybridized carbons (Fsp3) is 0.556. The highest BCUT2D eigenvalue weighted by Crippen LogP contribution is 2.13. The summed E-state index contributed by atoms with van der Waals surface area (Å²) in [5.74, 6) is -0.317. The molecule has 2 aliphatic rings. The maximum Gasteiger partial charge on any atom is 0.307 e. The third kappa shape index (κ3) is 5.01. The van der Waals surface area contributed by atoms with Crippen LogP contribution in [0.1, 0.15) is 18.4 Å². The van der Waals surface area contributed by atoms with Gasteiger partial charge >= 0.3 is 5.97 Å². The first kappa shape index (κ1) is 17.8. The molecule has 2 aliphatic heterocycles. The molecule has 0 saturated carbocycles. The number of esters is 1. The van der Waals surface area contributed by atoms with Crippen molar-refractivity contribution in [1.29, 1.82) is 0 Å². The molecule has 136 valence electrons. The quantitative estimate of drug-likeness (QED) is 0.739. The molecule has 1 amide bonds. The second-order valence-corrected chi connectivity index (χ2v) is 6.62. The molecule has 7 heteroatoms. The number of rotatable bonds is 5. The number of nitrogens with zero attached hydrogens (tertiary/aromatic N) is 2. The zero-order valence-electron chi connectivity index (χ0n) is 14.6. The Balaban J connectivity index is 1.49. The van der Waals surface area contributed by atoms with E-state index in [2.05, 4.69) is 44.7 Å². The maximum absolute atomic E-state index is 12.0. The van der Waals surface area contributed by atoms with Crippen LogP contribution in [0.5, 0.6) is 0 Å². The molecule has 0 aliphatic carbocycles. The first-order chi connectivity index (χ1) is 12.1. The molecule has 0 aromatic heterocycles. The molecule has 0 spiro atoms. The lowest BCUT2D eigenvalue weighted by Gasteiger charge is -2.42. The molecule has 2 N–H and O–H groups in total. The number of hydrogen-bond acceptors (Lipinski definition) is 6. The van der Waals surface area contributed by atoms with E-state index in [1.165, 1.54) is 12.7 Å². The van der Waals surface area contributed by atoms with Gasteiger partial charge in [-0.3, -0.25) is 24.7 Å². The van der Waals surface area contributed by atoms with Gasteiger partial charge in [0.25, 0.3) is 0 Å². The summed E-state index contributed by atoms with van der Waals surface area (Å²) in [6.45, 7) is 4.59. The summed E-state index contributed by atoms with van der Waals surface area (Å²) in [4.78, 5) is 28.1. The molecular weight excluding hydrogens is 320 g/mol. The normalized spacial score (nSPS) is 25.4. The second kappa shape index (κ2) is 8.42. The molecule has 1 aromatic carbocycles. The van der Waals surface area contributed by atoms with Gasteiger partial charge in [0.1, 0.15) is 6.29 Å². The number of amides is 1. The van der Waals surface area contributed by atoms with Gasteiger partial charge in [-0.2, -0.15) is 0 Å². The van der Waals surface area contributed by atoms with Crippen LogP contribution in [-0.4, -0.2) is 67.3 Å². The zero-order chi connectivity index (χ0) is 17.6. The Morgan fingerprint density at radius 2 is 1.92 bits per heavy atom. The third-order valence-corrected chi connectivity index (χ3v) is 4.78. The Morgan fingerprint density at radius 1 is 1.20 bits per heavy atom. The van der Waals surface area contributed by atoms with Crippen LogP contribution in [0.3, 0.4) is 0 Å². The van der Waals surface area contributed by atoms with E-state index < -0.39 is 0 Å². The van der Waals surface area contributed by atoms with Crippen molar-refractivity contribution in [2.24, 2.45) is 0 Å². The highest BCUT2D eigenvalue weighted by molar-refractivity contribution is 5.79. The van der Waals surface area contributed by atoms with Gasteiger partial charge < -0.3 is 10.1 Å². The van der Waals surface area contributed by atoms with Gasteiger partial charge in [-0.05, 0) is 5.56 Å². The molecule has 0 radical (unpaired) electrons. The van der Waals surface area contributed by atoms with E-state index >= 15 is 0 Å². The molecule has 25 heavy (non-hydrogen) atoms. The number of methoxy groups -OCH3 is 1. The number of hydrogen-bond donors (Lipinski definition) is 2. The smallest absolute Gasteiger partial charge is 0.307 e. The first-order valence-corrected chi connectivity index (χ1v) is 8.76. The average Bonchev–Trinajstić information content (AvgIpc) is 2.62. The van der Waals surface area contributed by atoms with Gasteiger partial charge in [-0.25, -0.2) is 0 Å². The van der Waals surface area contributed by atoms with Crippen LogP contribution in [0.25, 0.3) is 0 Å². The SMILES string of the molecule is COC(=O)CC1CC(=O)NC(N2CCN(Cc3ccccc3)CC2)N1. The highest BCUT2D eigenvalue weighted by atomic mass is 16.5. The minimum absolute atomic E-state index is 0.0237. The minimum atomic E-state index is -0.293. The van der Waals surface area contributed by atoms with Crippen LogP contribution >= 0.6 is 0 Å². The number of piperazine rings is 1. The third-order valence-electron chi connectivity index (χ3n) is 4.78. The minimum Gasteiger partial charge on any atom is -0.469 e. The van der Waals surface area contributed by atoms with Gasteiger partial charge in [0, 0.05) is 45.2 Å². The topological polar surface area (TPSA) is 73.9 Å². The Hall–Kier alpha value is -1.96. The fourth-order valence-corrected chi connectivity index (χ4v) is 3.39. The molecule has 1 aromatic rings. The predicted molar refractivity (Wildman–Crippen MR) is 93.4 cm³/mol. The number of nitrogens with one attached hydrogen (secondary N) is 2. The van der Waals surface area contributed by atoms with Crippen LogP contribution in [0.2, 0.25) is 0 Å². The van der Waals surface area contributed by atoms with Crippen molar-refractivity contribution in [3.63, 3.8) is 0 Å². The number of carbonyl (C=O) groups is 2. The van der Waals surface area contributed by atoms with Crippen molar-refractivity contribution in [2.75, 3.05) is 33.3 Å². The van der Waals surface area contributed by atoms with Crippen molar-refractivity contribution >= 4 is 11.9 Å². The Kier molecular flexibility index (Phi) is 6.01. The van der Waals surface area contributed by atoms with Crippen LogP contribution in [0.4, 0.5) is 0 Å². The molecule has 3 rings (SSSR count). The largest absolute Gasteiger partial charge is 0.469 e.